The number of rotatable bonds is 1. The summed E-state index contributed by atoms with van der Waals surface area (Å²) in [6.45, 7) is 0. The van der Waals surface area contributed by atoms with Crippen LogP contribution in [0.1, 0.15) is 0 Å². The first-order chi connectivity index (χ1) is 8.25. The molecule has 0 radical (unpaired) electrons. The molecule has 4 N–H and O–H groups in total. The zero-order valence-corrected chi connectivity index (χ0v) is 11.0. The number of amidine groups is 1. The van der Waals surface area contributed by atoms with Crippen molar-refractivity contribution in [2.45, 2.75) is 6.10 Å². The largest absolute Gasteiger partial charge is 0.465 e. The molecule has 0 fully saturated rings. The molecule has 0 aromatic heterocycles. The van der Waals surface area contributed by atoms with Crippen LogP contribution in [0, 0.1) is 0 Å². The first kappa shape index (κ1) is 16.0. The smallest absolute Gasteiger partial charge is 0.406 e. The van der Waals surface area contributed by atoms with Crippen LogP contribution in [0.15, 0.2) is 29.0 Å². The zero-order chi connectivity index (χ0) is 14.3. The molecule has 1 aliphatic heterocycles. The number of carboxylic acid groups (broad SMARTS) is 1. The van der Waals surface area contributed by atoms with E-state index in [9.17, 15) is 9.90 Å². The molecule has 1 amide bonds. The van der Waals surface area contributed by atoms with Gasteiger partial charge in [0.1, 0.15) is 11.9 Å². The Morgan fingerprint density at radius 3 is 2.33 bits per heavy atom. The minimum atomic E-state index is -0.907. The average Bonchev–Trinajstić information content (AvgIpc) is 2.25. The van der Waals surface area contributed by atoms with Crippen LogP contribution in [0.3, 0.4) is 0 Å². The number of hydrogen-bond donors (Lipinski definition) is 3. The SMILES string of the molecule is CN(C)C(=O)O.CN(C)C=C1C=CN=C(N)C1O. The topological polar surface area (TPSA) is 102 Å². The van der Waals surface area contributed by atoms with Crippen LogP contribution in [-0.2, 0) is 0 Å². The van der Waals surface area contributed by atoms with Crippen LogP contribution in [0.2, 0.25) is 0 Å². The zero-order valence-electron chi connectivity index (χ0n) is 11.0. The molecule has 1 unspecified atom stereocenters. The Hall–Kier alpha value is -2.02. The van der Waals surface area contributed by atoms with E-state index < -0.39 is 12.2 Å². The summed E-state index contributed by atoms with van der Waals surface area (Å²) in [7, 11) is 6.72. The van der Waals surface area contributed by atoms with Gasteiger partial charge in [0.15, 0.2) is 0 Å². The van der Waals surface area contributed by atoms with E-state index in [1.807, 2.05) is 25.2 Å². The predicted octanol–water partition coefficient (Wildman–Crippen LogP) is -0.0967. The van der Waals surface area contributed by atoms with Crippen LogP contribution in [0.4, 0.5) is 4.79 Å². The molecule has 0 bridgehead atoms. The summed E-state index contributed by atoms with van der Waals surface area (Å²) in [6.07, 6.45) is 3.45. The van der Waals surface area contributed by atoms with Gasteiger partial charge in [-0.15, -0.1) is 0 Å². The van der Waals surface area contributed by atoms with Gasteiger partial charge in [-0.2, -0.15) is 0 Å². The number of aliphatic hydroxyl groups excluding tert-OH is 1. The summed E-state index contributed by atoms with van der Waals surface area (Å²) in [4.78, 5) is 16.3. The van der Waals surface area contributed by atoms with E-state index in [0.717, 1.165) is 10.5 Å². The van der Waals surface area contributed by atoms with Gasteiger partial charge < -0.3 is 25.7 Å². The molecular formula is C11H20N4O3. The molecule has 1 atom stereocenters. The fourth-order valence-corrected chi connectivity index (χ4v) is 0.954. The molecule has 1 aliphatic rings. The minimum Gasteiger partial charge on any atom is -0.465 e. The lowest BCUT2D eigenvalue weighted by Gasteiger charge is -2.16. The van der Waals surface area contributed by atoms with E-state index >= 15 is 0 Å². The third-order valence-electron chi connectivity index (χ3n) is 1.88. The van der Waals surface area contributed by atoms with Crippen molar-refractivity contribution in [2.24, 2.45) is 10.7 Å². The van der Waals surface area contributed by atoms with Crippen molar-refractivity contribution in [1.82, 2.24) is 9.80 Å². The van der Waals surface area contributed by atoms with Crippen molar-refractivity contribution in [3.8, 4) is 0 Å². The van der Waals surface area contributed by atoms with E-state index in [0.29, 0.717) is 0 Å². The van der Waals surface area contributed by atoms with Crippen molar-refractivity contribution < 1.29 is 15.0 Å². The van der Waals surface area contributed by atoms with Crippen molar-refractivity contribution in [3.05, 3.63) is 24.0 Å². The number of nitrogens with zero attached hydrogens (tertiary/aromatic N) is 3. The van der Waals surface area contributed by atoms with Crippen molar-refractivity contribution in [3.63, 3.8) is 0 Å². The Balaban J connectivity index is 0.000000411. The van der Waals surface area contributed by atoms with Gasteiger partial charge in [0.25, 0.3) is 0 Å². The highest BCUT2D eigenvalue weighted by atomic mass is 16.4. The number of amides is 1. The van der Waals surface area contributed by atoms with E-state index in [1.54, 1.807) is 12.3 Å². The van der Waals surface area contributed by atoms with E-state index in [2.05, 4.69) is 4.99 Å². The Bertz CT molecular complexity index is 372. The maximum atomic E-state index is 9.62. The Labute approximate surface area is 107 Å². The fraction of sp³-hybridized carbons (Fsp3) is 0.455. The third-order valence-corrected chi connectivity index (χ3v) is 1.88. The van der Waals surface area contributed by atoms with Gasteiger partial charge in [-0.25, -0.2) is 9.79 Å². The average molecular weight is 256 g/mol. The maximum absolute atomic E-state index is 9.62. The van der Waals surface area contributed by atoms with Crippen molar-refractivity contribution in [2.75, 3.05) is 28.2 Å². The highest BCUT2D eigenvalue weighted by molar-refractivity contribution is 5.89. The standard InChI is InChI=1S/C8H13N3O.C3H7NO2/c1-11(2)5-6-3-4-10-8(9)7(6)12;1-4(2)3(5)6/h3-5,7,12H,1-2H3,(H2,9,10);1-2H3,(H,5,6). The Morgan fingerprint density at radius 2 is 1.94 bits per heavy atom. The second-order valence-electron chi connectivity index (χ2n) is 4.04. The lowest BCUT2D eigenvalue weighted by Crippen LogP contribution is -2.32. The summed E-state index contributed by atoms with van der Waals surface area (Å²) in [6, 6.07) is 0. The molecule has 102 valence electrons. The molecule has 1 heterocycles. The first-order valence-corrected chi connectivity index (χ1v) is 5.22. The number of hydrogen-bond acceptors (Lipinski definition) is 5. The van der Waals surface area contributed by atoms with Crippen molar-refractivity contribution >= 4 is 11.9 Å². The van der Waals surface area contributed by atoms with Crippen LogP contribution >= 0.6 is 0 Å². The van der Waals surface area contributed by atoms with Crippen LogP contribution in [0.5, 0.6) is 0 Å². The summed E-state index contributed by atoms with van der Waals surface area (Å²) in [5.74, 6) is 0.241. The van der Waals surface area contributed by atoms with Crippen LogP contribution in [0.25, 0.3) is 0 Å². The third kappa shape index (κ3) is 5.90. The van der Waals surface area contributed by atoms with Gasteiger partial charge in [0, 0.05) is 46.2 Å². The quantitative estimate of drug-likeness (QED) is 0.608. The molecule has 0 saturated heterocycles. The molecular weight excluding hydrogens is 236 g/mol. The normalized spacial score (nSPS) is 19.7. The summed E-state index contributed by atoms with van der Waals surface area (Å²) in [5, 5.41) is 17.4. The highest BCUT2D eigenvalue weighted by Crippen LogP contribution is 2.09. The van der Waals surface area contributed by atoms with E-state index in [4.69, 9.17) is 10.8 Å². The molecule has 0 aliphatic carbocycles. The molecule has 0 aromatic carbocycles. The maximum Gasteiger partial charge on any atom is 0.406 e. The predicted molar refractivity (Wildman–Crippen MR) is 70.3 cm³/mol. The monoisotopic (exact) mass is 256 g/mol. The van der Waals surface area contributed by atoms with E-state index in [-0.39, 0.29) is 5.84 Å². The summed E-state index contributed by atoms with van der Waals surface area (Å²) >= 11 is 0. The molecule has 0 aromatic rings. The molecule has 7 heteroatoms. The molecule has 0 saturated carbocycles. The lowest BCUT2D eigenvalue weighted by molar-refractivity contribution is 0.165. The Morgan fingerprint density at radius 1 is 1.44 bits per heavy atom. The Kier molecular flexibility index (Phi) is 6.51. The van der Waals surface area contributed by atoms with E-state index in [1.165, 1.54) is 14.1 Å². The summed E-state index contributed by atoms with van der Waals surface area (Å²) in [5.41, 5.74) is 6.19. The van der Waals surface area contributed by atoms with Gasteiger partial charge >= 0.3 is 6.09 Å². The van der Waals surface area contributed by atoms with Gasteiger partial charge in [0.05, 0.1) is 0 Å². The molecule has 18 heavy (non-hydrogen) atoms. The van der Waals surface area contributed by atoms with Crippen molar-refractivity contribution in [1.29, 1.82) is 0 Å². The highest BCUT2D eigenvalue weighted by Gasteiger charge is 2.15. The van der Waals surface area contributed by atoms with Gasteiger partial charge in [-0.3, -0.25) is 0 Å². The van der Waals surface area contributed by atoms with Crippen LogP contribution in [-0.4, -0.2) is 66.2 Å². The number of carbonyl (C=O) groups is 1. The summed E-state index contributed by atoms with van der Waals surface area (Å²) < 4.78 is 0. The number of aliphatic imine (C=N–C) groups is 1. The van der Waals surface area contributed by atoms with Gasteiger partial charge in [-0.05, 0) is 6.08 Å². The lowest BCUT2D eigenvalue weighted by atomic mass is 10.1. The number of nitrogens with two attached hydrogens (primary N) is 1. The van der Waals surface area contributed by atoms with Gasteiger partial charge in [0.2, 0.25) is 0 Å². The fourth-order valence-electron chi connectivity index (χ4n) is 0.954. The second-order valence-corrected chi connectivity index (χ2v) is 4.04. The number of aliphatic hydroxyl groups is 1. The molecule has 1 rings (SSSR count). The first-order valence-electron chi connectivity index (χ1n) is 5.22. The molecule has 7 nitrogen and oxygen atoms in total. The molecule has 0 spiro atoms. The van der Waals surface area contributed by atoms with Gasteiger partial charge in [-0.1, -0.05) is 0 Å². The second kappa shape index (κ2) is 7.33. The minimum absolute atomic E-state index is 0.241. The van der Waals surface area contributed by atoms with Crippen LogP contribution < -0.4 is 5.73 Å².